The molecule has 4 aromatic rings. The monoisotopic (exact) mass is 419 g/mol. The first-order valence-corrected chi connectivity index (χ1v) is 11.0. The highest BCUT2D eigenvalue weighted by Gasteiger charge is 2.25. The van der Waals surface area contributed by atoms with E-state index >= 15 is 0 Å². The van der Waals surface area contributed by atoms with E-state index in [1.54, 1.807) is 6.33 Å². The van der Waals surface area contributed by atoms with Gasteiger partial charge in [-0.2, -0.15) is 0 Å². The number of fused-ring (bicyclic) bond motifs is 1. The second-order valence-corrected chi connectivity index (χ2v) is 7.88. The Labute approximate surface area is 180 Å². The quantitative estimate of drug-likeness (QED) is 0.472. The van der Waals surface area contributed by atoms with Crippen molar-refractivity contribution in [3.05, 3.63) is 66.5 Å². The van der Waals surface area contributed by atoms with Crippen molar-refractivity contribution in [3.8, 4) is 11.6 Å². The van der Waals surface area contributed by atoms with Crippen molar-refractivity contribution in [1.29, 1.82) is 0 Å². The highest BCUT2D eigenvalue weighted by molar-refractivity contribution is 7.22. The largest absolute Gasteiger partial charge is 0.437 e. The zero-order chi connectivity index (χ0) is 20.9. The van der Waals surface area contributed by atoms with E-state index in [2.05, 4.69) is 50.2 Å². The third-order valence-corrected chi connectivity index (χ3v) is 5.87. The summed E-state index contributed by atoms with van der Waals surface area (Å²) in [6, 6.07) is 18.3. The van der Waals surface area contributed by atoms with E-state index in [0.29, 0.717) is 22.7 Å². The number of rotatable bonds is 4. The van der Waals surface area contributed by atoms with Gasteiger partial charge in [0.05, 0.1) is 4.70 Å². The van der Waals surface area contributed by atoms with Gasteiger partial charge in [0.25, 0.3) is 0 Å². The van der Waals surface area contributed by atoms with Gasteiger partial charge in [0.2, 0.25) is 5.88 Å². The molecule has 30 heavy (non-hydrogen) atoms. The minimum Gasteiger partial charge on any atom is -0.437 e. The summed E-state index contributed by atoms with van der Waals surface area (Å²) in [6.07, 6.45) is 2.66. The minimum absolute atomic E-state index is 0.507. The van der Waals surface area contributed by atoms with Crippen LogP contribution >= 0.6 is 11.3 Å². The van der Waals surface area contributed by atoms with Crippen molar-refractivity contribution in [2.24, 2.45) is 0 Å². The number of hydrogen-bond acceptors (Lipinski definition) is 7. The first-order valence-electron chi connectivity index (χ1n) is 10.2. The van der Waals surface area contributed by atoms with Gasteiger partial charge < -0.3 is 15.4 Å². The maximum absolute atomic E-state index is 6.03. The SMILES string of the molecule is CC.Nc1nc2c(Oc3cc(N4CCC(c5ccccc5)C4)ncn3)cccc2s1. The normalized spacial score (nSPS) is 15.7. The van der Waals surface area contributed by atoms with Gasteiger partial charge in [-0.25, -0.2) is 15.0 Å². The van der Waals surface area contributed by atoms with Crippen LogP contribution in [0.15, 0.2) is 60.9 Å². The molecule has 6 nitrogen and oxygen atoms in total. The molecule has 2 aromatic carbocycles. The Bertz CT molecular complexity index is 1110. The molecule has 2 N–H and O–H groups in total. The van der Waals surface area contributed by atoms with Gasteiger partial charge in [-0.15, -0.1) is 0 Å². The smallest absolute Gasteiger partial charge is 0.224 e. The van der Waals surface area contributed by atoms with Crippen LogP contribution in [0.25, 0.3) is 10.2 Å². The maximum atomic E-state index is 6.03. The fourth-order valence-corrected chi connectivity index (χ4v) is 4.41. The summed E-state index contributed by atoms with van der Waals surface area (Å²) in [5.74, 6) is 2.56. The van der Waals surface area contributed by atoms with Crippen molar-refractivity contribution in [2.45, 2.75) is 26.2 Å². The summed E-state index contributed by atoms with van der Waals surface area (Å²) in [7, 11) is 0. The average molecular weight is 420 g/mol. The van der Waals surface area contributed by atoms with Gasteiger partial charge in [-0.1, -0.05) is 61.6 Å². The van der Waals surface area contributed by atoms with E-state index in [1.807, 2.05) is 38.1 Å². The molecular weight excluding hydrogens is 394 g/mol. The highest BCUT2D eigenvalue weighted by atomic mass is 32.1. The number of para-hydroxylation sites is 1. The van der Waals surface area contributed by atoms with E-state index in [1.165, 1.54) is 16.9 Å². The molecule has 0 bridgehead atoms. The van der Waals surface area contributed by atoms with Crippen LogP contribution < -0.4 is 15.4 Å². The molecule has 1 fully saturated rings. The minimum atomic E-state index is 0.507. The van der Waals surface area contributed by atoms with E-state index in [4.69, 9.17) is 10.5 Å². The molecule has 1 aliphatic rings. The number of aromatic nitrogens is 3. The average Bonchev–Trinajstić information content (AvgIpc) is 3.43. The molecule has 1 saturated heterocycles. The summed E-state index contributed by atoms with van der Waals surface area (Å²) in [5.41, 5.74) is 7.98. The Morgan fingerprint density at radius 1 is 1.07 bits per heavy atom. The molecule has 0 radical (unpaired) electrons. The standard InChI is InChI=1S/C21H19N5OS.C2H6/c22-21-25-20-16(7-4-8-17(20)28-21)27-19-11-18(23-13-24-19)26-10-9-15(12-26)14-5-2-1-3-6-14;1-2/h1-8,11,13,15H,9-10,12H2,(H2,22,25);1-2H3. The fourth-order valence-electron chi connectivity index (χ4n) is 3.66. The Kier molecular flexibility index (Phi) is 6.09. The van der Waals surface area contributed by atoms with Crippen molar-refractivity contribution >= 4 is 32.5 Å². The van der Waals surface area contributed by atoms with Crippen LogP contribution in [0.5, 0.6) is 11.6 Å². The van der Waals surface area contributed by atoms with Crippen LogP contribution in [0, 0.1) is 0 Å². The molecule has 1 atom stereocenters. The number of anilines is 2. The predicted molar refractivity (Wildman–Crippen MR) is 123 cm³/mol. The number of hydrogen-bond donors (Lipinski definition) is 1. The number of nitrogens with two attached hydrogens (primary N) is 1. The lowest BCUT2D eigenvalue weighted by molar-refractivity contribution is 0.466. The predicted octanol–water partition coefficient (Wildman–Crippen LogP) is 5.48. The third-order valence-electron chi connectivity index (χ3n) is 5.02. The van der Waals surface area contributed by atoms with Gasteiger partial charge in [0.15, 0.2) is 10.9 Å². The first kappa shape index (κ1) is 20.1. The van der Waals surface area contributed by atoms with Gasteiger partial charge in [0, 0.05) is 25.1 Å². The Balaban J connectivity index is 0.00000106. The lowest BCUT2D eigenvalue weighted by Crippen LogP contribution is -2.20. The van der Waals surface area contributed by atoms with Crippen LogP contribution in [-0.4, -0.2) is 28.0 Å². The summed E-state index contributed by atoms with van der Waals surface area (Å²) in [4.78, 5) is 15.4. The lowest BCUT2D eigenvalue weighted by atomic mass is 9.99. The van der Waals surface area contributed by atoms with Gasteiger partial charge >= 0.3 is 0 Å². The lowest BCUT2D eigenvalue weighted by Gasteiger charge is -2.18. The molecule has 3 heterocycles. The molecule has 2 aromatic heterocycles. The van der Waals surface area contributed by atoms with Crippen LogP contribution in [0.1, 0.15) is 31.7 Å². The summed E-state index contributed by atoms with van der Waals surface area (Å²) in [6.45, 7) is 5.91. The molecule has 1 unspecified atom stereocenters. The van der Waals surface area contributed by atoms with Crippen LogP contribution in [0.2, 0.25) is 0 Å². The third kappa shape index (κ3) is 4.21. The molecule has 0 saturated carbocycles. The molecule has 0 spiro atoms. The molecule has 154 valence electrons. The number of ether oxygens (including phenoxy) is 1. The van der Waals surface area contributed by atoms with Crippen molar-refractivity contribution in [1.82, 2.24) is 15.0 Å². The Morgan fingerprint density at radius 3 is 2.73 bits per heavy atom. The zero-order valence-electron chi connectivity index (χ0n) is 17.2. The zero-order valence-corrected chi connectivity index (χ0v) is 18.0. The van der Waals surface area contributed by atoms with E-state index in [-0.39, 0.29) is 0 Å². The second-order valence-electron chi connectivity index (χ2n) is 6.81. The van der Waals surface area contributed by atoms with Crippen LogP contribution in [-0.2, 0) is 0 Å². The second kappa shape index (κ2) is 9.09. The van der Waals surface area contributed by atoms with Crippen LogP contribution in [0.4, 0.5) is 10.9 Å². The topological polar surface area (TPSA) is 77.2 Å². The van der Waals surface area contributed by atoms with Gasteiger partial charge in [-0.3, -0.25) is 0 Å². The van der Waals surface area contributed by atoms with Crippen LogP contribution in [0.3, 0.4) is 0 Å². The Hall–Kier alpha value is -3.19. The molecule has 7 heteroatoms. The summed E-state index contributed by atoms with van der Waals surface area (Å²) in [5, 5.41) is 0.526. The number of nitrogens with zero attached hydrogens (tertiary/aromatic N) is 4. The number of thiazole rings is 1. The van der Waals surface area contributed by atoms with Gasteiger partial charge in [-0.05, 0) is 24.1 Å². The molecular formula is C23H25N5OS. The van der Waals surface area contributed by atoms with Gasteiger partial charge in [0.1, 0.15) is 17.7 Å². The highest BCUT2D eigenvalue weighted by Crippen LogP contribution is 2.34. The maximum Gasteiger partial charge on any atom is 0.224 e. The fraction of sp³-hybridized carbons (Fsp3) is 0.261. The molecule has 5 rings (SSSR count). The molecule has 0 aliphatic carbocycles. The Morgan fingerprint density at radius 2 is 1.90 bits per heavy atom. The van der Waals surface area contributed by atoms with Crippen molar-refractivity contribution in [2.75, 3.05) is 23.7 Å². The molecule has 0 amide bonds. The van der Waals surface area contributed by atoms with Crippen molar-refractivity contribution in [3.63, 3.8) is 0 Å². The van der Waals surface area contributed by atoms with E-state index in [0.717, 1.165) is 35.5 Å². The summed E-state index contributed by atoms with van der Waals surface area (Å²) >= 11 is 1.44. The number of nitrogen functional groups attached to an aromatic ring is 1. The number of benzene rings is 2. The van der Waals surface area contributed by atoms with E-state index in [9.17, 15) is 0 Å². The first-order chi connectivity index (χ1) is 14.8. The molecule has 1 aliphatic heterocycles. The van der Waals surface area contributed by atoms with E-state index < -0.39 is 0 Å². The van der Waals surface area contributed by atoms with Crippen molar-refractivity contribution < 1.29 is 4.74 Å². The summed E-state index contributed by atoms with van der Waals surface area (Å²) < 4.78 is 7.02.